The Balaban J connectivity index is 1.76. The van der Waals surface area contributed by atoms with Crippen molar-refractivity contribution in [3.05, 3.63) is 83.7 Å². The summed E-state index contributed by atoms with van der Waals surface area (Å²) in [5.74, 6) is -0.595. The second kappa shape index (κ2) is 8.91. The SMILES string of the molecule is CSC(C[C@H](N)C(=O)O)C(=O)c1ccc2c(c1-c1ccccc1)OC2c1cccnc1. The van der Waals surface area contributed by atoms with Crippen molar-refractivity contribution in [2.24, 2.45) is 5.73 Å². The highest BCUT2D eigenvalue weighted by Gasteiger charge is 2.36. The van der Waals surface area contributed by atoms with Gasteiger partial charge < -0.3 is 15.6 Å². The summed E-state index contributed by atoms with van der Waals surface area (Å²) < 4.78 is 6.16. The fraction of sp³-hybridized carbons (Fsp3) is 0.208. The second-order valence-electron chi connectivity index (χ2n) is 7.33. The second-order valence-corrected chi connectivity index (χ2v) is 8.37. The lowest BCUT2D eigenvalue weighted by Crippen LogP contribution is -2.36. The Morgan fingerprint density at radius 1 is 1.16 bits per heavy atom. The van der Waals surface area contributed by atoms with Gasteiger partial charge in [0, 0.05) is 34.6 Å². The first-order valence-corrected chi connectivity index (χ1v) is 11.1. The zero-order chi connectivity index (χ0) is 22.0. The number of benzene rings is 2. The van der Waals surface area contributed by atoms with Crippen LogP contribution in [0, 0.1) is 0 Å². The molecule has 6 nitrogen and oxygen atoms in total. The van der Waals surface area contributed by atoms with Crippen LogP contribution in [0.4, 0.5) is 0 Å². The van der Waals surface area contributed by atoms with Crippen LogP contribution in [-0.4, -0.2) is 39.4 Å². The van der Waals surface area contributed by atoms with Crippen molar-refractivity contribution in [1.29, 1.82) is 0 Å². The lowest BCUT2D eigenvalue weighted by atomic mass is 9.86. The molecule has 2 heterocycles. The zero-order valence-electron chi connectivity index (χ0n) is 16.9. The van der Waals surface area contributed by atoms with Gasteiger partial charge in [-0.3, -0.25) is 14.6 Å². The van der Waals surface area contributed by atoms with E-state index in [1.54, 1.807) is 18.6 Å². The molecule has 4 rings (SSSR count). The summed E-state index contributed by atoms with van der Waals surface area (Å²) in [6, 6.07) is 16.0. The Labute approximate surface area is 184 Å². The number of aliphatic carboxylic acids is 1. The third kappa shape index (κ3) is 4.06. The molecule has 1 aliphatic rings. The van der Waals surface area contributed by atoms with Gasteiger partial charge in [-0.25, -0.2) is 0 Å². The van der Waals surface area contributed by atoms with Crippen LogP contribution in [0.25, 0.3) is 11.1 Å². The molecule has 31 heavy (non-hydrogen) atoms. The molecule has 0 bridgehead atoms. The fourth-order valence-electron chi connectivity index (χ4n) is 3.75. The summed E-state index contributed by atoms with van der Waals surface area (Å²) in [5, 5.41) is 8.60. The number of carboxylic acids is 1. The van der Waals surface area contributed by atoms with Gasteiger partial charge in [-0.05, 0) is 24.3 Å². The van der Waals surface area contributed by atoms with Crippen LogP contribution in [-0.2, 0) is 4.79 Å². The van der Waals surface area contributed by atoms with E-state index in [4.69, 9.17) is 15.6 Å². The lowest BCUT2D eigenvalue weighted by Gasteiger charge is -2.34. The lowest BCUT2D eigenvalue weighted by molar-refractivity contribution is -0.138. The van der Waals surface area contributed by atoms with E-state index in [9.17, 15) is 9.59 Å². The van der Waals surface area contributed by atoms with Gasteiger partial charge in [-0.2, -0.15) is 11.8 Å². The predicted octanol–water partition coefficient (Wildman–Crippen LogP) is 3.95. The summed E-state index contributed by atoms with van der Waals surface area (Å²) in [5.41, 5.74) is 9.75. The van der Waals surface area contributed by atoms with Crippen LogP contribution in [0.15, 0.2) is 67.0 Å². The van der Waals surface area contributed by atoms with Crippen LogP contribution in [0.3, 0.4) is 0 Å². The maximum absolute atomic E-state index is 13.4. The van der Waals surface area contributed by atoms with Gasteiger partial charge in [0.15, 0.2) is 11.9 Å². The molecule has 1 aromatic heterocycles. The summed E-state index contributed by atoms with van der Waals surface area (Å²) in [6.07, 6.45) is 5.10. The van der Waals surface area contributed by atoms with Crippen molar-refractivity contribution in [2.45, 2.75) is 23.8 Å². The van der Waals surface area contributed by atoms with E-state index >= 15 is 0 Å². The molecule has 3 aromatic rings. The highest BCUT2D eigenvalue weighted by atomic mass is 32.2. The maximum Gasteiger partial charge on any atom is 0.320 e. The predicted molar refractivity (Wildman–Crippen MR) is 120 cm³/mol. The molecule has 0 fully saturated rings. The first kappa shape index (κ1) is 21.1. The molecule has 3 atom stereocenters. The number of ether oxygens (including phenoxy) is 1. The highest BCUT2D eigenvalue weighted by Crippen LogP contribution is 2.50. The molecule has 158 valence electrons. The quantitative estimate of drug-likeness (QED) is 0.518. The van der Waals surface area contributed by atoms with E-state index < -0.39 is 17.3 Å². The van der Waals surface area contributed by atoms with Crippen LogP contribution >= 0.6 is 11.8 Å². The first-order valence-electron chi connectivity index (χ1n) is 9.85. The van der Waals surface area contributed by atoms with Gasteiger partial charge in [0.05, 0.1) is 5.25 Å². The van der Waals surface area contributed by atoms with Crippen molar-refractivity contribution in [2.75, 3.05) is 6.26 Å². The van der Waals surface area contributed by atoms with Crippen molar-refractivity contribution in [1.82, 2.24) is 4.98 Å². The van der Waals surface area contributed by atoms with E-state index in [1.807, 2.05) is 54.6 Å². The molecule has 0 saturated heterocycles. The Morgan fingerprint density at radius 3 is 2.58 bits per heavy atom. The van der Waals surface area contributed by atoms with Gasteiger partial charge in [-0.1, -0.05) is 48.5 Å². The van der Waals surface area contributed by atoms with Crippen molar-refractivity contribution in [3.8, 4) is 16.9 Å². The number of nitrogens with zero attached hydrogens (tertiary/aromatic N) is 1. The minimum Gasteiger partial charge on any atom is -0.480 e. The molecule has 2 aromatic carbocycles. The number of carbonyl (C=O) groups is 2. The minimum atomic E-state index is -1.12. The van der Waals surface area contributed by atoms with E-state index in [0.29, 0.717) is 11.3 Å². The van der Waals surface area contributed by atoms with Crippen molar-refractivity contribution >= 4 is 23.5 Å². The van der Waals surface area contributed by atoms with Gasteiger partial charge in [0.2, 0.25) is 0 Å². The number of hydrogen-bond acceptors (Lipinski definition) is 6. The summed E-state index contributed by atoms with van der Waals surface area (Å²) in [6.45, 7) is 0. The number of thioether (sulfide) groups is 1. The molecule has 7 heteroatoms. The molecule has 1 aliphatic heterocycles. The third-order valence-electron chi connectivity index (χ3n) is 5.38. The molecule has 2 unspecified atom stereocenters. The molecule has 0 aliphatic carbocycles. The van der Waals surface area contributed by atoms with E-state index in [-0.39, 0.29) is 18.3 Å². The third-order valence-corrected chi connectivity index (χ3v) is 6.36. The van der Waals surface area contributed by atoms with E-state index in [1.165, 1.54) is 11.8 Å². The Morgan fingerprint density at radius 2 is 1.94 bits per heavy atom. The number of aromatic nitrogens is 1. The Kier molecular flexibility index (Phi) is 6.06. The fourth-order valence-corrected chi connectivity index (χ4v) is 4.49. The van der Waals surface area contributed by atoms with Crippen molar-refractivity contribution < 1.29 is 19.4 Å². The normalized spacial score (nSPS) is 16.4. The minimum absolute atomic E-state index is 0.0554. The topological polar surface area (TPSA) is 103 Å². The van der Waals surface area contributed by atoms with E-state index in [0.717, 1.165) is 22.3 Å². The van der Waals surface area contributed by atoms with Crippen LogP contribution in [0.5, 0.6) is 5.75 Å². The van der Waals surface area contributed by atoms with Crippen LogP contribution in [0.2, 0.25) is 0 Å². The number of hydrogen-bond donors (Lipinski definition) is 2. The Bertz CT molecular complexity index is 1110. The molecule has 0 radical (unpaired) electrons. The van der Waals surface area contributed by atoms with E-state index in [2.05, 4.69) is 4.98 Å². The number of Topliss-reactive ketones (excluding diaryl/α,β-unsaturated/α-hetero) is 1. The molecular formula is C24H22N2O4S. The standard InChI is InChI=1S/C24H22N2O4S/c1-31-19(12-18(25)24(28)29)21(27)16-9-10-17-22(15-8-5-11-26-13-15)30-23(17)20(16)14-6-3-2-4-7-14/h2-11,13,18-19,22H,12,25H2,1H3,(H,28,29)/t18-,19?,22?/m0/s1. The zero-order valence-corrected chi connectivity index (χ0v) is 17.7. The molecular weight excluding hydrogens is 412 g/mol. The number of fused-ring (bicyclic) bond motifs is 1. The van der Waals surface area contributed by atoms with Crippen molar-refractivity contribution in [3.63, 3.8) is 0 Å². The Hall–Kier alpha value is -3.16. The average molecular weight is 435 g/mol. The average Bonchev–Trinajstić information content (AvgIpc) is 2.78. The number of rotatable bonds is 8. The number of nitrogens with two attached hydrogens (primary N) is 1. The molecule has 0 spiro atoms. The summed E-state index contributed by atoms with van der Waals surface area (Å²) in [7, 11) is 0. The smallest absolute Gasteiger partial charge is 0.320 e. The molecule has 0 saturated carbocycles. The van der Waals surface area contributed by atoms with Gasteiger partial charge >= 0.3 is 5.97 Å². The first-order chi connectivity index (χ1) is 15.0. The number of pyridine rings is 1. The monoisotopic (exact) mass is 434 g/mol. The number of ketones is 1. The summed E-state index contributed by atoms with van der Waals surface area (Å²) >= 11 is 1.31. The van der Waals surface area contributed by atoms with Gasteiger partial charge in [-0.15, -0.1) is 0 Å². The number of carbonyl (C=O) groups excluding carboxylic acids is 1. The van der Waals surface area contributed by atoms with Gasteiger partial charge in [0.1, 0.15) is 11.8 Å². The van der Waals surface area contributed by atoms with Crippen LogP contribution in [0.1, 0.15) is 34.0 Å². The van der Waals surface area contributed by atoms with Gasteiger partial charge in [0.25, 0.3) is 0 Å². The number of carboxylic acid groups (broad SMARTS) is 1. The van der Waals surface area contributed by atoms with Crippen LogP contribution < -0.4 is 10.5 Å². The molecule has 3 N–H and O–H groups in total. The molecule has 0 amide bonds. The summed E-state index contributed by atoms with van der Waals surface area (Å²) in [4.78, 5) is 28.8. The largest absolute Gasteiger partial charge is 0.480 e. The highest BCUT2D eigenvalue weighted by molar-refractivity contribution is 7.99. The maximum atomic E-state index is 13.4.